The van der Waals surface area contributed by atoms with Crippen molar-refractivity contribution in [2.45, 2.75) is 6.92 Å². The summed E-state index contributed by atoms with van der Waals surface area (Å²) in [5.41, 5.74) is 4.85. The summed E-state index contributed by atoms with van der Waals surface area (Å²) < 4.78 is 10.9. The Morgan fingerprint density at radius 1 is 0.735 bits per heavy atom. The second kappa shape index (κ2) is 10.5. The molecule has 4 rings (SSSR count). The highest BCUT2D eigenvalue weighted by molar-refractivity contribution is 6.07. The number of hydrogen-bond acceptors (Lipinski definition) is 4. The predicted octanol–water partition coefficient (Wildman–Crippen LogP) is 6.79. The van der Waals surface area contributed by atoms with Gasteiger partial charge in [0, 0.05) is 5.56 Å². The minimum atomic E-state index is -0.450. The fourth-order valence-electron chi connectivity index (χ4n) is 3.55. The van der Waals surface area contributed by atoms with Crippen LogP contribution in [0.25, 0.3) is 17.2 Å². The zero-order valence-electron chi connectivity index (χ0n) is 19.0. The smallest absolute Gasteiger partial charge is 0.343 e. The van der Waals surface area contributed by atoms with Crippen LogP contribution in [-0.2, 0) is 0 Å². The van der Waals surface area contributed by atoms with Crippen molar-refractivity contribution in [1.82, 2.24) is 0 Å². The standard InChI is InChI=1S/C30H24O4/c1-21-8-6-7-11-26(21)30(32)34-28-19-13-22(20-29(28)33-2)12-18-27(31)25-16-14-24(15-17-25)23-9-4-3-5-10-23/h3-20H,1-2H3/b18-12+. The molecule has 0 aromatic heterocycles. The Bertz CT molecular complexity index is 1340. The van der Waals surface area contributed by atoms with Crippen LogP contribution in [0.15, 0.2) is 103 Å². The Kier molecular flexibility index (Phi) is 6.99. The Hall–Kier alpha value is -4.44. The second-order valence-electron chi connectivity index (χ2n) is 7.76. The van der Waals surface area contributed by atoms with Crippen LogP contribution in [0, 0.1) is 6.92 Å². The summed E-state index contributed by atoms with van der Waals surface area (Å²) in [6.45, 7) is 1.86. The Labute approximate surface area is 199 Å². The third kappa shape index (κ3) is 5.30. The molecule has 4 nitrogen and oxygen atoms in total. The average molecular weight is 449 g/mol. The van der Waals surface area contributed by atoms with E-state index in [1.165, 1.54) is 13.2 Å². The Balaban J connectivity index is 1.46. The van der Waals surface area contributed by atoms with Gasteiger partial charge in [-0.3, -0.25) is 4.79 Å². The van der Waals surface area contributed by atoms with Crippen molar-refractivity contribution in [3.05, 3.63) is 125 Å². The summed E-state index contributed by atoms with van der Waals surface area (Å²) in [5.74, 6) is 0.168. The molecule has 4 aromatic rings. The van der Waals surface area contributed by atoms with E-state index in [0.29, 0.717) is 22.6 Å². The molecule has 0 saturated carbocycles. The van der Waals surface area contributed by atoms with Crippen molar-refractivity contribution in [2.75, 3.05) is 7.11 Å². The summed E-state index contributed by atoms with van der Waals surface area (Å²) in [6.07, 6.45) is 3.23. The van der Waals surface area contributed by atoms with Crippen LogP contribution in [0.3, 0.4) is 0 Å². The quantitative estimate of drug-likeness (QED) is 0.135. The van der Waals surface area contributed by atoms with Crippen molar-refractivity contribution >= 4 is 17.8 Å². The number of allylic oxidation sites excluding steroid dienone is 1. The van der Waals surface area contributed by atoms with Crippen LogP contribution < -0.4 is 9.47 Å². The van der Waals surface area contributed by atoms with Gasteiger partial charge in [-0.15, -0.1) is 0 Å². The molecule has 0 heterocycles. The maximum Gasteiger partial charge on any atom is 0.343 e. The third-order valence-electron chi connectivity index (χ3n) is 5.46. The van der Waals surface area contributed by atoms with E-state index < -0.39 is 5.97 Å². The van der Waals surface area contributed by atoms with Crippen molar-refractivity contribution in [3.8, 4) is 22.6 Å². The molecule has 0 radical (unpaired) electrons. The van der Waals surface area contributed by atoms with Gasteiger partial charge in [-0.25, -0.2) is 4.79 Å². The number of carbonyl (C=O) groups excluding carboxylic acids is 2. The highest BCUT2D eigenvalue weighted by atomic mass is 16.6. The van der Waals surface area contributed by atoms with Gasteiger partial charge in [0.1, 0.15) is 0 Å². The van der Waals surface area contributed by atoms with Crippen LogP contribution in [0.4, 0.5) is 0 Å². The topological polar surface area (TPSA) is 52.6 Å². The van der Waals surface area contributed by atoms with E-state index in [1.807, 2.05) is 73.7 Å². The maximum atomic E-state index is 12.6. The summed E-state index contributed by atoms with van der Waals surface area (Å²) >= 11 is 0. The number of methoxy groups -OCH3 is 1. The van der Waals surface area contributed by atoms with E-state index >= 15 is 0 Å². The van der Waals surface area contributed by atoms with E-state index in [0.717, 1.165) is 22.3 Å². The van der Waals surface area contributed by atoms with Crippen LogP contribution in [0.5, 0.6) is 11.5 Å². The van der Waals surface area contributed by atoms with Crippen LogP contribution in [0.2, 0.25) is 0 Å². The lowest BCUT2D eigenvalue weighted by Gasteiger charge is -2.11. The molecular weight excluding hydrogens is 424 g/mol. The average Bonchev–Trinajstić information content (AvgIpc) is 2.88. The number of benzene rings is 4. The highest BCUT2D eigenvalue weighted by Gasteiger charge is 2.14. The zero-order valence-corrected chi connectivity index (χ0v) is 19.0. The van der Waals surface area contributed by atoms with E-state index in [1.54, 1.807) is 36.4 Å². The molecular formula is C30H24O4. The second-order valence-corrected chi connectivity index (χ2v) is 7.76. The maximum absolute atomic E-state index is 12.6. The summed E-state index contributed by atoms with van der Waals surface area (Å²) in [5, 5.41) is 0. The molecule has 0 atom stereocenters. The SMILES string of the molecule is COc1cc(/C=C/C(=O)c2ccc(-c3ccccc3)cc2)ccc1OC(=O)c1ccccc1C. The number of aryl methyl sites for hydroxylation is 1. The lowest BCUT2D eigenvalue weighted by molar-refractivity contribution is 0.0728. The fraction of sp³-hybridized carbons (Fsp3) is 0.0667. The summed E-state index contributed by atoms with van der Waals surface area (Å²) in [4.78, 5) is 25.2. The lowest BCUT2D eigenvalue weighted by atomic mass is 10.0. The molecule has 0 N–H and O–H groups in total. The molecule has 0 aliphatic rings. The van der Waals surface area contributed by atoms with Crippen molar-refractivity contribution in [3.63, 3.8) is 0 Å². The summed E-state index contributed by atoms with van der Waals surface area (Å²) in [7, 11) is 1.51. The van der Waals surface area contributed by atoms with E-state index in [4.69, 9.17) is 9.47 Å². The van der Waals surface area contributed by atoms with Gasteiger partial charge in [0.15, 0.2) is 17.3 Å². The zero-order chi connectivity index (χ0) is 23.9. The Morgan fingerprint density at radius 3 is 2.12 bits per heavy atom. The largest absolute Gasteiger partial charge is 0.493 e. The predicted molar refractivity (Wildman–Crippen MR) is 134 cm³/mol. The normalized spacial score (nSPS) is 10.8. The number of rotatable bonds is 7. The van der Waals surface area contributed by atoms with Crippen LogP contribution in [-0.4, -0.2) is 18.9 Å². The highest BCUT2D eigenvalue weighted by Crippen LogP contribution is 2.30. The molecule has 0 saturated heterocycles. The molecule has 0 unspecified atom stereocenters. The monoisotopic (exact) mass is 448 g/mol. The number of ketones is 1. The number of esters is 1. The van der Waals surface area contributed by atoms with E-state index in [9.17, 15) is 9.59 Å². The first-order chi connectivity index (χ1) is 16.5. The van der Waals surface area contributed by atoms with Crippen molar-refractivity contribution < 1.29 is 19.1 Å². The third-order valence-corrected chi connectivity index (χ3v) is 5.46. The minimum Gasteiger partial charge on any atom is -0.493 e. The van der Waals surface area contributed by atoms with E-state index in [-0.39, 0.29) is 5.78 Å². The number of hydrogen-bond donors (Lipinski definition) is 0. The molecule has 0 amide bonds. The van der Waals surface area contributed by atoms with Gasteiger partial charge in [0.05, 0.1) is 12.7 Å². The van der Waals surface area contributed by atoms with Crippen molar-refractivity contribution in [1.29, 1.82) is 0 Å². The molecule has 34 heavy (non-hydrogen) atoms. The summed E-state index contributed by atoms with van der Waals surface area (Å²) in [6, 6.07) is 29.9. The van der Waals surface area contributed by atoms with Crippen LogP contribution in [0.1, 0.15) is 31.8 Å². The van der Waals surface area contributed by atoms with Gasteiger partial charge in [-0.2, -0.15) is 0 Å². The first kappa shape index (κ1) is 22.7. The van der Waals surface area contributed by atoms with Gasteiger partial charge >= 0.3 is 5.97 Å². The molecule has 4 aromatic carbocycles. The molecule has 168 valence electrons. The fourth-order valence-corrected chi connectivity index (χ4v) is 3.55. The van der Waals surface area contributed by atoms with Gasteiger partial charge in [-0.1, -0.05) is 84.9 Å². The van der Waals surface area contributed by atoms with E-state index in [2.05, 4.69) is 0 Å². The molecule has 0 aliphatic heterocycles. The van der Waals surface area contributed by atoms with Crippen LogP contribution >= 0.6 is 0 Å². The molecule has 4 heteroatoms. The van der Waals surface area contributed by atoms with Gasteiger partial charge in [-0.05, 0) is 53.5 Å². The number of carbonyl (C=O) groups is 2. The molecule has 0 spiro atoms. The van der Waals surface area contributed by atoms with Gasteiger partial charge < -0.3 is 9.47 Å². The first-order valence-electron chi connectivity index (χ1n) is 10.9. The van der Waals surface area contributed by atoms with Gasteiger partial charge in [0.25, 0.3) is 0 Å². The van der Waals surface area contributed by atoms with Crippen molar-refractivity contribution in [2.24, 2.45) is 0 Å². The molecule has 0 aliphatic carbocycles. The Morgan fingerprint density at radius 2 is 1.41 bits per heavy atom. The van der Waals surface area contributed by atoms with Gasteiger partial charge in [0.2, 0.25) is 0 Å². The number of ether oxygens (including phenoxy) is 2. The first-order valence-corrected chi connectivity index (χ1v) is 10.9. The lowest BCUT2D eigenvalue weighted by Crippen LogP contribution is -2.10. The minimum absolute atomic E-state index is 0.103. The molecule has 0 fully saturated rings. The molecule has 0 bridgehead atoms.